The van der Waals surface area contributed by atoms with E-state index in [2.05, 4.69) is 126 Å². The van der Waals surface area contributed by atoms with Crippen LogP contribution in [0.5, 0.6) is 0 Å². The molecule has 0 atom stereocenters. The summed E-state index contributed by atoms with van der Waals surface area (Å²) >= 11 is 0. The monoisotopic (exact) mass is 660 g/mol. The second-order valence-electron chi connectivity index (χ2n) is 13.0. The van der Waals surface area contributed by atoms with E-state index in [9.17, 15) is 13.2 Å². The topological polar surface area (TPSA) is 17.8 Å². The van der Waals surface area contributed by atoms with Crippen molar-refractivity contribution in [3.05, 3.63) is 168 Å². The highest BCUT2D eigenvalue weighted by Crippen LogP contribution is 2.39. The maximum atomic E-state index is 13.8. The third kappa shape index (κ3) is 5.83. The average molecular weight is 661 g/mol. The van der Waals surface area contributed by atoms with Gasteiger partial charge in [0, 0.05) is 33.6 Å². The lowest BCUT2D eigenvalue weighted by atomic mass is 9.91. The summed E-state index contributed by atoms with van der Waals surface area (Å²) in [6.45, 7) is 2.18. The van der Waals surface area contributed by atoms with Crippen molar-refractivity contribution >= 4 is 32.6 Å². The van der Waals surface area contributed by atoms with Crippen molar-refractivity contribution in [1.82, 2.24) is 9.55 Å². The van der Waals surface area contributed by atoms with Gasteiger partial charge >= 0.3 is 6.18 Å². The van der Waals surface area contributed by atoms with Gasteiger partial charge in [0.1, 0.15) is 0 Å². The molecule has 2 aromatic heterocycles. The zero-order valence-electron chi connectivity index (χ0n) is 27.7. The van der Waals surface area contributed by atoms with Crippen molar-refractivity contribution in [3.63, 3.8) is 0 Å². The Morgan fingerprint density at radius 1 is 0.600 bits per heavy atom. The minimum atomic E-state index is -4.48. The van der Waals surface area contributed by atoms with Gasteiger partial charge in [-0.05, 0) is 82.8 Å². The Bertz CT molecular complexity index is 2440. The van der Waals surface area contributed by atoms with Gasteiger partial charge in [-0.2, -0.15) is 13.2 Å². The Hall–Kier alpha value is -5.68. The van der Waals surface area contributed by atoms with E-state index in [1.54, 1.807) is 18.2 Å². The fourth-order valence-corrected chi connectivity index (χ4v) is 7.27. The van der Waals surface area contributed by atoms with Crippen LogP contribution in [0.1, 0.15) is 42.0 Å². The molecule has 0 aliphatic carbocycles. The van der Waals surface area contributed by atoms with Crippen molar-refractivity contribution in [3.8, 4) is 28.1 Å². The lowest BCUT2D eigenvalue weighted by Gasteiger charge is -2.16. The normalized spacial score (nSPS) is 11.9. The first-order valence-electron chi connectivity index (χ1n) is 17.1. The Balaban J connectivity index is 1.13. The molecule has 0 saturated heterocycles. The summed E-state index contributed by atoms with van der Waals surface area (Å²) in [5.74, 6) is 0. The number of unbranched alkanes of at least 4 members (excludes halogenated alkanes) is 1. The van der Waals surface area contributed by atoms with E-state index in [4.69, 9.17) is 0 Å². The van der Waals surface area contributed by atoms with Crippen LogP contribution in [0.15, 0.2) is 146 Å². The molecule has 0 aliphatic heterocycles. The summed E-state index contributed by atoms with van der Waals surface area (Å²) in [5.41, 5.74) is 9.97. The molecular formula is C45H35F3N2. The van der Waals surface area contributed by atoms with E-state index in [0.29, 0.717) is 11.1 Å². The smallest absolute Gasteiger partial charge is 0.309 e. The summed E-state index contributed by atoms with van der Waals surface area (Å²) in [6.07, 6.45) is 0.314. The van der Waals surface area contributed by atoms with Gasteiger partial charge in [-0.3, -0.25) is 4.98 Å². The van der Waals surface area contributed by atoms with E-state index < -0.39 is 11.7 Å². The van der Waals surface area contributed by atoms with Crippen molar-refractivity contribution < 1.29 is 13.2 Å². The predicted molar refractivity (Wildman–Crippen MR) is 200 cm³/mol. The number of hydrogen-bond donors (Lipinski definition) is 0. The first-order chi connectivity index (χ1) is 24.4. The van der Waals surface area contributed by atoms with Crippen molar-refractivity contribution in [1.29, 1.82) is 0 Å². The van der Waals surface area contributed by atoms with Gasteiger partial charge in [0.2, 0.25) is 0 Å². The molecular weight excluding hydrogens is 626 g/mol. The Labute approximate surface area is 289 Å². The largest absolute Gasteiger partial charge is 0.418 e. The van der Waals surface area contributed by atoms with Crippen LogP contribution >= 0.6 is 0 Å². The Kier molecular flexibility index (Phi) is 8.20. The predicted octanol–water partition coefficient (Wildman–Crippen LogP) is 12.6. The van der Waals surface area contributed by atoms with E-state index in [-0.39, 0.29) is 5.39 Å². The number of nitrogens with zero attached hydrogens (tertiary/aromatic N) is 2. The molecule has 0 spiro atoms. The molecule has 5 heteroatoms. The van der Waals surface area contributed by atoms with Crippen LogP contribution in [0, 0.1) is 0 Å². The Morgan fingerprint density at radius 3 is 1.92 bits per heavy atom. The van der Waals surface area contributed by atoms with E-state index in [1.165, 1.54) is 44.6 Å². The zero-order valence-corrected chi connectivity index (χ0v) is 27.7. The number of aromatic nitrogens is 2. The second kappa shape index (κ2) is 13.0. The second-order valence-corrected chi connectivity index (χ2v) is 13.0. The fraction of sp³-hybridized carbons (Fsp3) is 0.133. The summed E-state index contributed by atoms with van der Waals surface area (Å²) < 4.78 is 43.8. The number of fused-ring (bicyclic) bond motifs is 4. The molecule has 0 fully saturated rings. The highest BCUT2D eigenvalue weighted by atomic mass is 19.4. The van der Waals surface area contributed by atoms with Crippen LogP contribution in [0.4, 0.5) is 13.2 Å². The molecule has 0 amide bonds. The zero-order chi connectivity index (χ0) is 34.2. The minimum absolute atomic E-state index is 0.160. The van der Waals surface area contributed by atoms with Crippen LogP contribution in [-0.4, -0.2) is 9.55 Å². The molecule has 8 aromatic rings. The fourth-order valence-electron chi connectivity index (χ4n) is 7.27. The molecule has 2 nitrogen and oxygen atoms in total. The number of rotatable bonds is 8. The van der Waals surface area contributed by atoms with Crippen LogP contribution in [0.3, 0.4) is 0 Å². The first kappa shape index (κ1) is 31.6. The maximum Gasteiger partial charge on any atom is 0.418 e. The molecule has 0 N–H and O–H groups in total. The molecule has 0 saturated carbocycles. The van der Waals surface area contributed by atoms with E-state index in [1.807, 2.05) is 6.07 Å². The molecule has 246 valence electrons. The molecule has 0 unspecified atom stereocenters. The number of benzene rings is 6. The lowest BCUT2D eigenvalue weighted by Crippen LogP contribution is -2.07. The van der Waals surface area contributed by atoms with Gasteiger partial charge < -0.3 is 4.57 Å². The molecule has 8 rings (SSSR count). The van der Waals surface area contributed by atoms with Crippen LogP contribution in [0.2, 0.25) is 0 Å². The minimum Gasteiger partial charge on any atom is -0.309 e. The molecule has 0 aliphatic rings. The van der Waals surface area contributed by atoms with Crippen molar-refractivity contribution in [2.75, 3.05) is 0 Å². The van der Waals surface area contributed by atoms with Crippen LogP contribution < -0.4 is 0 Å². The lowest BCUT2D eigenvalue weighted by molar-refractivity contribution is -0.136. The SMILES string of the molecule is CCCCc1ccc(-c2ncc(C(F)(F)F)c3ccccc23)cc1-c1ccc(Cc2cccc(-n3c4ccccc4c4ccccc43)c2)cc1. The number of para-hydroxylation sites is 2. The number of halogens is 3. The summed E-state index contributed by atoms with van der Waals surface area (Å²) in [5, 5.41) is 3.14. The standard InChI is InChI=1S/C45H35F3N2/c1-2-3-12-32-24-25-34(44-39-17-5-4-14-36(39)41(29-49-44)45(46,47)48)28-40(32)33-22-20-30(21-23-33)26-31-11-10-13-35(27-31)50-42-18-8-6-15-37(42)38-16-7-9-19-43(38)50/h4-11,13-25,27-29H,2-3,12,26H2,1H3. The number of pyridine rings is 1. The number of alkyl halides is 3. The van der Waals surface area contributed by atoms with Gasteiger partial charge in [0.25, 0.3) is 0 Å². The maximum absolute atomic E-state index is 13.8. The molecule has 50 heavy (non-hydrogen) atoms. The van der Waals surface area contributed by atoms with Crippen molar-refractivity contribution in [2.45, 2.75) is 38.8 Å². The Morgan fingerprint density at radius 2 is 1.24 bits per heavy atom. The van der Waals surface area contributed by atoms with E-state index in [0.717, 1.165) is 54.3 Å². The number of aryl methyl sites for hydroxylation is 1. The first-order valence-corrected chi connectivity index (χ1v) is 17.1. The summed E-state index contributed by atoms with van der Waals surface area (Å²) in [4.78, 5) is 4.37. The molecule has 6 aromatic carbocycles. The summed E-state index contributed by atoms with van der Waals surface area (Å²) in [7, 11) is 0. The molecule has 0 radical (unpaired) electrons. The van der Waals surface area contributed by atoms with Gasteiger partial charge in [0.05, 0.1) is 22.3 Å². The average Bonchev–Trinajstić information content (AvgIpc) is 3.48. The van der Waals surface area contributed by atoms with Gasteiger partial charge in [-0.25, -0.2) is 0 Å². The van der Waals surface area contributed by atoms with Gasteiger partial charge in [0.15, 0.2) is 0 Å². The number of hydrogen-bond acceptors (Lipinski definition) is 1. The third-order valence-electron chi connectivity index (χ3n) is 9.71. The van der Waals surface area contributed by atoms with Gasteiger partial charge in [-0.1, -0.05) is 123 Å². The third-order valence-corrected chi connectivity index (χ3v) is 9.71. The highest BCUT2D eigenvalue weighted by Gasteiger charge is 2.33. The molecule has 2 heterocycles. The summed E-state index contributed by atoms with van der Waals surface area (Å²) in [6, 6.07) is 47.4. The van der Waals surface area contributed by atoms with Crippen LogP contribution in [-0.2, 0) is 19.0 Å². The quantitative estimate of drug-likeness (QED) is 0.159. The van der Waals surface area contributed by atoms with Crippen LogP contribution in [0.25, 0.3) is 60.6 Å². The van der Waals surface area contributed by atoms with E-state index >= 15 is 0 Å². The van der Waals surface area contributed by atoms with Gasteiger partial charge in [-0.15, -0.1) is 0 Å². The van der Waals surface area contributed by atoms with Crippen molar-refractivity contribution in [2.24, 2.45) is 0 Å². The molecule has 0 bridgehead atoms. The highest BCUT2D eigenvalue weighted by molar-refractivity contribution is 6.09.